The van der Waals surface area contributed by atoms with Crippen LogP contribution < -0.4 is 10.4 Å². The Balaban J connectivity index is 1.86. The summed E-state index contributed by atoms with van der Waals surface area (Å²) in [5.41, 5.74) is -1.07. The Morgan fingerprint density at radius 2 is 1.55 bits per heavy atom. The normalized spacial score (nSPS) is 29.6. The second-order valence-electron chi connectivity index (χ2n) is 10.7. The molecule has 0 amide bonds. The van der Waals surface area contributed by atoms with E-state index in [1.54, 1.807) is 0 Å². The van der Waals surface area contributed by atoms with Crippen molar-refractivity contribution in [3.05, 3.63) is 73.3 Å². The summed E-state index contributed by atoms with van der Waals surface area (Å²) in [7, 11) is -2.71. The highest BCUT2D eigenvalue weighted by atomic mass is 28.4. The highest BCUT2D eigenvalue weighted by Gasteiger charge is 2.68. The number of benzene rings is 2. The molecule has 2 bridgehead atoms. The zero-order valence-corrected chi connectivity index (χ0v) is 20.3. The maximum atomic E-state index is 12.3. The van der Waals surface area contributed by atoms with Crippen LogP contribution in [0.1, 0.15) is 41.0 Å². The van der Waals surface area contributed by atoms with Crippen LogP contribution in [0.2, 0.25) is 5.04 Å². The average Bonchev–Trinajstić information content (AvgIpc) is 3.22. The fraction of sp³-hybridized carbons (Fsp3) is 0.444. The molecule has 0 unspecified atom stereocenters. The first-order valence-corrected chi connectivity index (χ1v) is 13.1. The van der Waals surface area contributed by atoms with Gasteiger partial charge < -0.3 is 14.0 Å². The highest BCUT2D eigenvalue weighted by molar-refractivity contribution is 6.99. The van der Waals surface area contributed by atoms with E-state index in [1.165, 1.54) is 10.4 Å². The Morgan fingerprint density at radius 1 is 1.03 bits per heavy atom. The number of carbonyl (C=O) groups excluding carboxylic acids is 1. The Hall–Kier alpha value is -2.01. The molecule has 2 aromatic rings. The number of hydrogen-bond acceptors (Lipinski definition) is 3. The predicted octanol–water partition coefficient (Wildman–Crippen LogP) is 4.50. The second-order valence-corrected chi connectivity index (χ2v) is 14.9. The first kappa shape index (κ1) is 22.2. The third-order valence-corrected chi connectivity index (χ3v) is 12.5. The van der Waals surface area contributed by atoms with Crippen LogP contribution in [0, 0.1) is 11.3 Å². The molecule has 0 aliphatic carbocycles. The van der Waals surface area contributed by atoms with Gasteiger partial charge in [-0.05, 0) is 15.4 Å². The fourth-order valence-corrected chi connectivity index (χ4v) is 10.8. The molecule has 3 nitrogen and oxygen atoms in total. The smallest absolute Gasteiger partial charge is 0.261 e. The molecule has 2 fully saturated rings. The minimum atomic E-state index is -2.71. The molecule has 2 aliphatic heterocycles. The molecule has 164 valence electrons. The predicted molar refractivity (Wildman–Crippen MR) is 128 cm³/mol. The molecule has 0 spiro atoms. The van der Waals surface area contributed by atoms with Crippen molar-refractivity contribution in [2.75, 3.05) is 0 Å². The Kier molecular flexibility index (Phi) is 5.40. The summed E-state index contributed by atoms with van der Waals surface area (Å²) in [6, 6.07) is 21.3. The van der Waals surface area contributed by atoms with Gasteiger partial charge in [0.1, 0.15) is 5.60 Å². The van der Waals surface area contributed by atoms with Crippen LogP contribution in [0.3, 0.4) is 0 Å². The lowest BCUT2D eigenvalue weighted by Gasteiger charge is -2.48. The SMILES string of the molecule is C=C[C@H]1C(C)(C)[C@H]2O[C@]1(C=O)C[C@@H]2O[Si](c1ccccc1)(c1ccccc1)C(C)(C)C. The van der Waals surface area contributed by atoms with Crippen molar-refractivity contribution >= 4 is 25.0 Å². The number of ether oxygens (including phenoxy) is 1. The summed E-state index contributed by atoms with van der Waals surface area (Å²) in [6.07, 6.45) is 3.17. The molecule has 4 heteroatoms. The van der Waals surface area contributed by atoms with E-state index in [2.05, 4.69) is 102 Å². The van der Waals surface area contributed by atoms with Gasteiger partial charge in [-0.3, -0.25) is 0 Å². The maximum absolute atomic E-state index is 12.3. The van der Waals surface area contributed by atoms with Crippen LogP contribution in [0.5, 0.6) is 0 Å². The highest BCUT2D eigenvalue weighted by Crippen LogP contribution is 2.59. The number of carbonyl (C=O) groups is 1. The van der Waals surface area contributed by atoms with E-state index in [9.17, 15) is 4.79 Å². The van der Waals surface area contributed by atoms with Crippen molar-refractivity contribution in [1.82, 2.24) is 0 Å². The molecule has 4 rings (SSSR count). The topological polar surface area (TPSA) is 35.5 Å². The minimum Gasteiger partial charge on any atom is -0.402 e. The molecule has 2 heterocycles. The molecular formula is C27H34O3Si. The first-order valence-electron chi connectivity index (χ1n) is 11.2. The van der Waals surface area contributed by atoms with Crippen molar-refractivity contribution in [1.29, 1.82) is 0 Å². The lowest BCUT2D eigenvalue weighted by atomic mass is 9.63. The van der Waals surface area contributed by atoms with E-state index >= 15 is 0 Å². The zero-order valence-electron chi connectivity index (χ0n) is 19.3. The second kappa shape index (κ2) is 7.54. The fourth-order valence-electron chi connectivity index (χ4n) is 6.09. The van der Waals surface area contributed by atoms with E-state index in [4.69, 9.17) is 9.16 Å². The van der Waals surface area contributed by atoms with Gasteiger partial charge in [-0.2, -0.15) is 0 Å². The van der Waals surface area contributed by atoms with Crippen LogP contribution in [0.15, 0.2) is 73.3 Å². The molecule has 0 radical (unpaired) electrons. The largest absolute Gasteiger partial charge is 0.402 e. The molecule has 2 aliphatic rings. The van der Waals surface area contributed by atoms with Crippen molar-refractivity contribution < 1.29 is 14.0 Å². The summed E-state index contributed by atoms with van der Waals surface area (Å²) >= 11 is 0. The third kappa shape index (κ3) is 3.19. The summed E-state index contributed by atoms with van der Waals surface area (Å²) in [5.74, 6) is -0.0125. The standard InChI is InChI=1S/C27H34O3Si/c1-7-23-26(5,6)24-22(18-27(23,19-28)29-24)30-31(25(2,3)4,20-14-10-8-11-15-20)21-16-12-9-13-17-21/h7-17,19,22-24H,1,18H2,2-6H3/t22-,23-,24-,27-/m0/s1. The number of aldehydes is 1. The number of hydrogen-bond donors (Lipinski definition) is 0. The van der Waals surface area contributed by atoms with Crippen molar-refractivity contribution in [2.45, 2.75) is 63.9 Å². The molecule has 0 N–H and O–H groups in total. The number of rotatable bonds is 6. The van der Waals surface area contributed by atoms with Gasteiger partial charge in [-0.1, -0.05) is 101 Å². The number of fused-ring (bicyclic) bond motifs is 2. The third-order valence-electron chi connectivity index (χ3n) is 7.45. The van der Waals surface area contributed by atoms with Gasteiger partial charge in [-0.15, -0.1) is 6.58 Å². The zero-order chi connectivity index (χ0) is 22.5. The van der Waals surface area contributed by atoms with Gasteiger partial charge in [0.25, 0.3) is 8.32 Å². The van der Waals surface area contributed by atoms with Crippen LogP contribution in [-0.2, 0) is 14.0 Å². The molecule has 4 atom stereocenters. The summed E-state index contributed by atoms with van der Waals surface area (Å²) in [4.78, 5) is 12.3. The van der Waals surface area contributed by atoms with Gasteiger partial charge in [-0.25, -0.2) is 0 Å². The Morgan fingerprint density at radius 3 is 1.97 bits per heavy atom. The Bertz CT molecular complexity index is 908. The van der Waals surface area contributed by atoms with E-state index in [0.29, 0.717) is 6.42 Å². The van der Waals surface area contributed by atoms with Crippen molar-refractivity contribution in [2.24, 2.45) is 11.3 Å². The quantitative estimate of drug-likeness (QED) is 0.381. The van der Waals surface area contributed by atoms with E-state index in [0.717, 1.165) is 6.29 Å². The van der Waals surface area contributed by atoms with E-state index < -0.39 is 13.9 Å². The van der Waals surface area contributed by atoms with Crippen LogP contribution >= 0.6 is 0 Å². The summed E-state index contributed by atoms with van der Waals surface area (Å²) < 4.78 is 13.8. The van der Waals surface area contributed by atoms with Crippen molar-refractivity contribution in [3.8, 4) is 0 Å². The average molecular weight is 435 g/mol. The van der Waals surface area contributed by atoms with Gasteiger partial charge in [0.05, 0.1) is 12.2 Å². The maximum Gasteiger partial charge on any atom is 0.261 e. The van der Waals surface area contributed by atoms with Gasteiger partial charge >= 0.3 is 0 Å². The van der Waals surface area contributed by atoms with Gasteiger partial charge in [0, 0.05) is 17.8 Å². The van der Waals surface area contributed by atoms with Crippen LogP contribution in [0.25, 0.3) is 0 Å². The Labute approximate surface area is 187 Å². The molecule has 31 heavy (non-hydrogen) atoms. The minimum absolute atomic E-state index is 0.0125. The molecule has 0 saturated carbocycles. The monoisotopic (exact) mass is 434 g/mol. The van der Waals surface area contributed by atoms with E-state index in [-0.39, 0.29) is 28.6 Å². The van der Waals surface area contributed by atoms with Crippen LogP contribution in [0.4, 0.5) is 0 Å². The molecular weight excluding hydrogens is 400 g/mol. The molecule has 2 aromatic carbocycles. The lowest BCUT2D eigenvalue weighted by molar-refractivity contribution is -0.125. The van der Waals surface area contributed by atoms with Crippen LogP contribution in [-0.4, -0.2) is 32.4 Å². The van der Waals surface area contributed by atoms with Gasteiger partial charge in [0.2, 0.25) is 0 Å². The van der Waals surface area contributed by atoms with E-state index in [1.807, 2.05) is 6.08 Å². The lowest BCUT2D eigenvalue weighted by Crippen LogP contribution is -2.69. The summed E-state index contributed by atoms with van der Waals surface area (Å²) in [6.45, 7) is 15.2. The summed E-state index contributed by atoms with van der Waals surface area (Å²) in [5, 5.41) is 2.37. The first-order chi connectivity index (χ1) is 14.6. The molecule has 0 aromatic heterocycles. The molecule has 2 saturated heterocycles. The van der Waals surface area contributed by atoms with Gasteiger partial charge in [0.15, 0.2) is 6.29 Å². The van der Waals surface area contributed by atoms with Crippen molar-refractivity contribution in [3.63, 3.8) is 0 Å².